The molecule has 2 N–H and O–H groups in total. The van der Waals surface area contributed by atoms with Gasteiger partial charge in [-0.2, -0.15) is 0 Å². The molecule has 5 rings (SSSR count). The second-order valence-corrected chi connectivity index (χ2v) is 12.9. The summed E-state index contributed by atoms with van der Waals surface area (Å²) < 4.78 is 8.05. The zero-order chi connectivity index (χ0) is 31.6. The van der Waals surface area contributed by atoms with Crippen molar-refractivity contribution in [1.82, 2.24) is 19.8 Å². The maximum atomic E-state index is 13.9. The number of aliphatic carboxylic acids is 1. The number of carboxylic acid groups (broad SMARTS) is 1. The third kappa shape index (κ3) is 5.59. The summed E-state index contributed by atoms with van der Waals surface area (Å²) in [5.74, 6) is -0.361. The average molecular weight is 597 g/mol. The lowest BCUT2D eigenvalue weighted by Gasteiger charge is -2.46. The summed E-state index contributed by atoms with van der Waals surface area (Å²) in [6.45, 7) is 10.8. The highest BCUT2D eigenvalue weighted by molar-refractivity contribution is 5.81. The second kappa shape index (κ2) is 12.4. The van der Waals surface area contributed by atoms with E-state index in [0.29, 0.717) is 6.42 Å². The molecule has 1 heterocycles. The Bertz CT molecular complexity index is 1610. The van der Waals surface area contributed by atoms with Gasteiger partial charge in [0.05, 0.1) is 17.6 Å². The number of aryl methyl sites for hydroxylation is 1. The van der Waals surface area contributed by atoms with Gasteiger partial charge >= 0.3 is 12.1 Å². The number of hydrogen-bond acceptors (Lipinski definition) is 5. The molecule has 1 aliphatic rings. The van der Waals surface area contributed by atoms with Crippen molar-refractivity contribution >= 4 is 23.1 Å². The summed E-state index contributed by atoms with van der Waals surface area (Å²) in [5.41, 5.74) is 4.72. The molecule has 0 aliphatic heterocycles. The van der Waals surface area contributed by atoms with Gasteiger partial charge in [0.15, 0.2) is 0 Å². The Morgan fingerprint density at radius 2 is 1.59 bits per heavy atom. The lowest BCUT2D eigenvalue weighted by molar-refractivity contribution is -0.154. The Morgan fingerprint density at radius 3 is 2.16 bits per heavy atom. The van der Waals surface area contributed by atoms with Crippen LogP contribution in [0.15, 0.2) is 72.8 Å². The molecule has 2 atom stereocenters. The fourth-order valence-electron chi connectivity index (χ4n) is 6.91. The van der Waals surface area contributed by atoms with Crippen LogP contribution in [0.5, 0.6) is 0 Å². The third-order valence-electron chi connectivity index (χ3n) is 9.46. The number of imidazole rings is 1. The van der Waals surface area contributed by atoms with Crippen molar-refractivity contribution in [2.75, 3.05) is 19.7 Å². The standard InChI is InChI=1S/C36H44N4O4/c1-7-24(2)36(33(41)42,35(3,4)5)37-20-21-40(22-32-38-30-18-12-13-19-31(30)39(32)6)34(43)44-23-29-27-16-10-8-14-25(27)26-15-9-11-17-28(26)29/h8-19,24,29,37H,7,20-23H2,1-6H3,(H,41,42)/t24-,36+/m0/s1. The summed E-state index contributed by atoms with van der Waals surface area (Å²) >= 11 is 0. The predicted molar refractivity (Wildman–Crippen MR) is 173 cm³/mol. The van der Waals surface area contributed by atoms with Crippen molar-refractivity contribution in [2.45, 2.75) is 59.0 Å². The zero-order valence-corrected chi connectivity index (χ0v) is 26.6. The fraction of sp³-hybridized carbons (Fsp3) is 0.417. The molecule has 8 nitrogen and oxygen atoms in total. The van der Waals surface area contributed by atoms with Gasteiger partial charge in [-0.15, -0.1) is 0 Å². The van der Waals surface area contributed by atoms with Gasteiger partial charge in [-0.1, -0.05) is 102 Å². The van der Waals surface area contributed by atoms with Crippen molar-refractivity contribution in [2.24, 2.45) is 18.4 Å². The minimum atomic E-state index is -1.17. The lowest BCUT2D eigenvalue weighted by Crippen LogP contribution is -2.65. The van der Waals surface area contributed by atoms with Gasteiger partial charge in [0.25, 0.3) is 0 Å². The van der Waals surface area contributed by atoms with Crippen LogP contribution >= 0.6 is 0 Å². The molecule has 3 aromatic carbocycles. The fourth-order valence-corrected chi connectivity index (χ4v) is 6.91. The number of carboxylic acids is 1. The monoisotopic (exact) mass is 596 g/mol. The van der Waals surface area contributed by atoms with Gasteiger partial charge in [-0.3, -0.25) is 15.0 Å². The molecule has 4 aromatic rings. The molecule has 0 saturated carbocycles. The van der Waals surface area contributed by atoms with E-state index in [0.717, 1.165) is 28.0 Å². The number of nitrogens with zero attached hydrogens (tertiary/aromatic N) is 3. The highest BCUT2D eigenvalue weighted by Gasteiger charge is 2.51. The number of nitrogens with one attached hydrogen (secondary N) is 1. The summed E-state index contributed by atoms with van der Waals surface area (Å²) in [5, 5.41) is 13.9. The number of benzene rings is 3. The first kappa shape index (κ1) is 31.3. The molecule has 0 fully saturated rings. The average Bonchev–Trinajstić information content (AvgIpc) is 3.50. The van der Waals surface area contributed by atoms with Crippen molar-refractivity contribution in [3.63, 3.8) is 0 Å². The number of carbonyl (C=O) groups excluding carboxylic acids is 1. The summed E-state index contributed by atoms with van der Waals surface area (Å²) in [7, 11) is 1.94. The van der Waals surface area contributed by atoms with Gasteiger partial charge < -0.3 is 14.4 Å². The maximum absolute atomic E-state index is 13.9. The normalized spacial score (nSPS) is 15.0. The SMILES string of the molecule is CC[C@H](C)[C@@](NCCN(Cc1nc2ccccc2n1C)C(=O)OCC1c2ccccc2-c2ccccc21)(C(=O)O)C(C)(C)C. The molecule has 0 spiro atoms. The molecule has 0 saturated heterocycles. The van der Waals surface area contributed by atoms with Crippen LogP contribution < -0.4 is 5.32 Å². The van der Waals surface area contributed by atoms with Crippen molar-refractivity contribution in [3.8, 4) is 11.1 Å². The van der Waals surface area contributed by atoms with Crippen LogP contribution in [-0.4, -0.2) is 56.9 Å². The first-order chi connectivity index (χ1) is 21.0. The molecule has 44 heavy (non-hydrogen) atoms. The summed E-state index contributed by atoms with van der Waals surface area (Å²) in [6, 6.07) is 24.4. The van der Waals surface area contributed by atoms with Crippen LogP contribution in [0.2, 0.25) is 0 Å². The maximum Gasteiger partial charge on any atom is 0.410 e. The lowest BCUT2D eigenvalue weighted by atomic mass is 9.65. The topological polar surface area (TPSA) is 96.7 Å². The molecule has 1 aliphatic carbocycles. The summed E-state index contributed by atoms with van der Waals surface area (Å²) in [6.07, 6.45) is 0.243. The molecular formula is C36H44N4O4. The molecule has 1 aromatic heterocycles. The Hall–Kier alpha value is -4.17. The second-order valence-electron chi connectivity index (χ2n) is 12.9. The van der Waals surface area contributed by atoms with Gasteiger partial charge in [0.1, 0.15) is 18.0 Å². The van der Waals surface area contributed by atoms with E-state index in [9.17, 15) is 14.7 Å². The largest absolute Gasteiger partial charge is 0.480 e. The molecule has 0 radical (unpaired) electrons. The Balaban J connectivity index is 1.39. The Morgan fingerprint density at radius 1 is 1.00 bits per heavy atom. The van der Waals surface area contributed by atoms with Crippen molar-refractivity contribution in [3.05, 3.63) is 89.7 Å². The van der Waals surface area contributed by atoms with E-state index in [4.69, 9.17) is 9.72 Å². The first-order valence-electron chi connectivity index (χ1n) is 15.5. The summed E-state index contributed by atoms with van der Waals surface area (Å²) in [4.78, 5) is 33.1. The quantitative estimate of drug-likeness (QED) is 0.197. The van der Waals surface area contributed by atoms with Gasteiger partial charge in [-0.05, 0) is 45.7 Å². The molecule has 8 heteroatoms. The number of rotatable bonds is 11. The minimum absolute atomic E-state index is 0.0620. The van der Waals surface area contributed by atoms with E-state index in [1.54, 1.807) is 4.90 Å². The minimum Gasteiger partial charge on any atom is -0.480 e. The predicted octanol–water partition coefficient (Wildman–Crippen LogP) is 6.83. The number of hydrogen-bond donors (Lipinski definition) is 2. The third-order valence-corrected chi connectivity index (χ3v) is 9.46. The number of ether oxygens (including phenoxy) is 1. The number of amides is 1. The van der Waals surface area contributed by atoms with E-state index < -0.39 is 23.0 Å². The molecule has 0 unspecified atom stereocenters. The van der Waals surface area contributed by atoms with E-state index in [2.05, 4.69) is 29.6 Å². The van der Waals surface area contributed by atoms with Crippen LogP contribution in [0.3, 0.4) is 0 Å². The number of aromatic nitrogens is 2. The van der Waals surface area contributed by atoms with Gasteiger partial charge in [-0.25, -0.2) is 9.78 Å². The molecule has 0 bridgehead atoms. The molecule has 1 amide bonds. The van der Waals surface area contributed by atoms with E-state index in [1.807, 2.05) is 94.8 Å². The van der Waals surface area contributed by atoms with E-state index in [-0.39, 0.29) is 38.1 Å². The van der Waals surface area contributed by atoms with E-state index >= 15 is 0 Å². The molecular weight excluding hydrogens is 552 g/mol. The highest BCUT2D eigenvalue weighted by Crippen LogP contribution is 2.44. The number of carbonyl (C=O) groups is 2. The number of para-hydroxylation sites is 2. The molecule has 232 valence electrons. The van der Waals surface area contributed by atoms with Crippen molar-refractivity contribution < 1.29 is 19.4 Å². The van der Waals surface area contributed by atoms with Crippen LogP contribution in [0.1, 0.15) is 63.9 Å². The van der Waals surface area contributed by atoms with Crippen LogP contribution in [0.25, 0.3) is 22.2 Å². The Labute approximate surface area is 260 Å². The van der Waals surface area contributed by atoms with Crippen molar-refractivity contribution in [1.29, 1.82) is 0 Å². The smallest absolute Gasteiger partial charge is 0.410 e. The van der Waals surface area contributed by atoms with E-state index in [1.165, 1.54) is 11.1 Å². The van der Waals surface area contributed by atoms with Gasteiger partial charge in [0, 0.05) is 26.1 Å². The highest BCUT2D eigenvalue weighted by atomic mass is 16.6. The van der Waals surface area contributed by atoms with Crippen LogP contribution in [0.4, 0.5) is 4.79 Å². The Kier molecular flexibility index (Phi) is 8.84. The first-order valence-corrected chi connectivity index (χ1v) is 15.5. The van der Waals surface area contributed by atoms with Gasteiger partial charge in [0.2, 0.25) is 0 Å². The number of fused-ring (bicyclic) bond motifs is 4. The van der Waals surface area contributed by atoms with Crippen LogP contribution in [-0.2, 0) is 23.1 Å². The van der Waals surface area contributed by atoms with Crippen LogP contribution in [0, 0.1) is 11.3 Å². The zero-order valence-electron chi connectivity index (χ0n) is 26.6.